The fourth-order valence-corrected chi connectivity index (χ4v) is 3.84. The van der Waals surface area contributed by atoms with Crippen molar-refractivity contribution >= 4 is 17.5 Å². The van der Waals surface area contributed by atoms with Crippen LogP contribution >= 0.6 is 11.8 Å². The number of H-pyrrole nitrogens is 1. The van der Waals surface area contributed by atoms with Gasteiger partial charge in [-0.2, -0.15) is 0 Å². The molecule has 0 saturated heterocycles. The summed E-state index contributed by atoms with van der Waals surface area (Å²) in [4.78, 5) is 31.5. The first-order valence-corrected chi connectivity index (χ1v) is 9.65. The van der Waals surface area contributed by atoms with Crippen molar-refractivity contribution in [3.05, 3.63) is 51.4 Å². The maximum Gasteiger partial charge on any atom is 0.254 e. The lowest BCUT2D eigenvalue weighted by Gasteiger charge is -2.14. The first-order chi connectivity index (χ1) is 12.1. The molecule has 0 bridgehead atoms. The largest absolute Gasteiger partial charge is 0.508 e. The van der Waals surface area contributed by atoms with Gasteiger partial charge in [0.2, 0.25) is 0 Å². The van der Waals surface area contributed by atoms with Crippen LogP contribution in [0.25, 0.3) is 0 Å². The molecule has 2 aromatic rings. The summed E-state index contributed by atoms with van der Waals surface area (Å²) in [7, 11) is 0. The average molecular weight is 358 g/mol. The molecule has 0 unspecified atom stereocenters. The van der Waals surface area contributed by atoms with Crippen molar-refractivity contribution in [1.82, 2.24) is 9.97 Å². The molecule has 1 heterocycles. The topological polar surface area (TPSA) is 83.0 Å². The van der Waals surface area contributed by atoms with Crippen LogP contribution in [0, 0.1) is 0 Å². The van der Waals surface area contributed by atoms with Gasteiger partial charge in [-0.15, -0.1) is 0 Å². The van der Waals surface area contributed by atoms with E-state index in [1.807, 2.05) is 0 Å². The molecule has 1 aromatic carbocycles. The first kappa shape index (κ1) is 17.7. The van der Waals surface area contributed by atoms with E-state index in [2.05, 4.69) is 9.97 Å². The number of ketones is 1. The molecule has 5 nitrogen and oxygen atoms in total. The van der Waals surface area contributed by atoms with Gasteiger partial charge in [-0.3, -0.25) is 9.59 Å². The average Bonchev–Trinajstić information content (AvgIpc) is 2.61. The zero-order valence-corrected chi connectivity index (χ0v) is 14.9. The SMILES string of the molecule is O=C(CCCSc1nc2c(c(=O)[nH]1)CCCC2)Cc1ccc(O)cc1. The molecule has 0 aliphatic heterocycles. The smallest absolute Gasteiger partial charge is 0.254 e. The molecule has 1 aliphatic carbocycles. The number of benzene rings is 1. The molecule has 0 amide bonds. The summed E-state index contributed by atoms with van der Waals surface area (Å²) >= 11 is 1.51. The molecule has 0 fully saturated rings. The molecule has 2 N–H and O–H groups in total. The summed E-state index contributed by atoms with van der Waals surface area (Å²) in [5.41, 5.74) is 2.70. The molecule has 3 rings (SSSR count). The highest BCUT2D eigenvalue weighted by molar-refractivity contribution is 7.99. The normalized spacial score (nSPS) is 13.4. The van der Waals surface area contributed by atoms with Crippen LogP contribution in [0.4, 0.5) is 0 Å². The molecule has 0 spiro atoms. The van der Waals surface area contributed by atoms with E-state index in [4.69, 9.17) is 0 Å². The van der Waals surface area contributed by atoms with Crippen LogP contribution < -0.4 is 5.56 Å². The molecule has 0 radical (unpaired) electrons. The Morgan fingerprint density at radius 2 is 1.96 bits per heavy atom. The summed E-state index contributed by atoms with van der Waals surface area (Å²) < 4.78 is 0. The Balaban J connectivity index is 1.45. The Hall–Kier alpha value is -2.08. The van der Waals surface area contributed by atoms with Crippen molar-refractivity contribution in [2.24, 2.45) is 0 Å². The fourth-order valence-electron chi connectivity index (χ4n) is 3.02. The number of carbonyl (C=O) groups excluding carboxylic acids is 1. The molecule has 0 saturated carbocycles. The van der Waals surface area contributed by atoms with Gasteiger partial charge in [0.1, 0.15) is 11.5 Å². The maximum atomic E-state index is 12.1. The fraction of sp³-hybridized carbons (Fsp3) is 0.421. The molecule has 25 heavy (non-hydrogen) atoms. The van der Waals surface area contributed by atoms with Crippen LogP contribution in [0.5, 0.6) is 5.75 Å². The van der Waals surface area contributed by atoms with Crippen LogP contribution in [0.3, 0.4) is 0 Å². The predicted molar refractivity (Wildman–Crippen MR) is 98.3 cm³/mol. The van der Waals surface area contributed by atoms with Gasteiger partial charge in [0.05, 0.1) is 5.69 Å². The van der Waals surface area contributed by atoms with Crippen LogP contribution in [0.15, 0.2) is 34.2 Å². The number of thioether (sulfide) groups is 1. The number of aryl methyl sites for hydroxylation is 1. The molecule has 1 aliphatic rings. The Kier molecular flexibility index (Phi) is 5.91. The summed E-state index contributed by atoms with van der Waals surface area (Å²) in [6, 6.07) is 6.72. The van der Waals surface area contributed by atoms with Crippen molar-refractivity contribution in [2.75, 3.05) is 5.75 Å². The lowest BCUT2D eigenvalue weighted by Crippen LogP contribution is -2.21. The van der Waals surface area contributed by atoms with Crippen LogP contribution in [-0.2, 0) is 24.1 Å². The zero-order chi connectivity index (χ0) is 17.6. The number of phenolic OH excluding ortho intramolecular Hbond substituents is 1. The maximum absolute atomic E-state index is 12.1. The van der Waals surface area contributed by atoms with Crippen molar-refractivity contribution in [2.45, 2.75) is 50.1 Å². The minimum Gasteiger partial charge on any atom is -0.508 e. The van der Waals surface area contributed by atoms with E-state index in [-0.39, 0.29) is 17.1 Å². The van der Waals surface area contributed by atoms with Crippen molar-refractivity contribution < 1.29 is 9.90 Å². The second-order valence-electron chi connectivity index (χ2n) is 6.34. The highest BCUT2D eigenvalue weighted by atomic mass is 32.2. The molecule has 132 valence electrons. The third kappa shape index (κ3) is 4.95. The monoisotopic (exact) mass is 358 g/mol. The Morgan fingerprint density at radius 3 is 2.76 bits per heavy atom. The Labute approximate surface area is 150 Å². The van der Waals surface area contributed by atoms with Gasteiger partial charge < -0.3 is 10.1 Å². The van der Waals surface area contributed by atoms with Crippen molar-refractivity contribution in [1.29, 1.82) is 0 Å². The summed E-state index contributed by atoms with van der Waals surface area (Å²) in [5, 5.41) is 9.91. The predicted octanol–water partition coefficient (Wildman–Crippen LogP) is 3.04. The van der Waals surface area contributed by atoms with Crippen molar-refractivity contribution in [3.63, 3.8) is 0 Å². The summed E-state index contributed by atoms with van der Waals surface area (Å²) in [6.45, 7) is 0. The number of aromatic hydroxyl groups is 1. The van der Waals surface area contributed by atoms with Gasteiger partial charge in [0.15, 0.2) is 5.16 Å². The number of Topliss-reactive ketones (excluding diaryl/α,β-unsaturated/α-hetero) is 1. The van der Waals surface area contributed by atoms with E-state index in [0.29, 0.717) is 18.0 Å². The molecule has 0 atom stereocenters. The van der Waals surface area contributed by atoms with Gasteiger partial charge >= 0.3 is 0 Å². The number of nitrogens with zero attached hydrogens (tertiary/aromatic N) is 1. The van der Waals surface area contributed by atoms with Crippen molar-refractivity contribution in [3.8, 4) is 5.75 Å². The second kappa shape index (κ2) is 8.34. The third-order valence-corrected chi connectivity index (χ3v) is 5.31. The number of fused-ring (bicyclic) bond motifs is 1. The van der Waals surface area contributed by atoms with E-state index >= 15 is 0 Å². The van der Waals surface area contributed by atoms with E-state index in [9.17, 15) is 14.7 Å². The van der Waals surface area contributed by atoms with Crippen LogP contribution in [-0.4, -0.2) is 26.6 Å². The van der Waals surface area contributed by atoms with Gasteiger partial charge in [-0.25, -0.2) is 4.98 Å². The Bertz CT molecular complexity index is 799. The minimum absolute atomic E-state index is 0.00407. The quantitative estimate of drug-likeness (QED) is 0.452. The number of hydrogen-bond acceptors (Lipinski definition) is 5. The highest BCUT2D eigenvalue weighted by Gasteiger charge is 2.15. The van der Waals surface area contributed by atoms with Gasteiger partial charge in [-0.05, 0) is 49.8 Å². The van der Waals surface area contributed by atoms with Gasteiger partial charge in [0.25, 0.3) is 5.56 Å². The number of hydrogen-bond donors (Lipinski definition) is 2. The van der Waals surface area contributed by atoms with Gasteiger partial charge in [-0.1, -0.05) is 23.9 Å². The summed E-state index contributed by atoms with van der Waals surface area (Å²) in [5.74, 6) is 1.14. The lowest BCUT2D eigenvalue weighted by atomic mass is 9.97. The number of nitrogens with one attached hydrogen (secondary N) is 1. The first-order valence-electron chi connectivity index (χ1n) is 8.66. The Morgan fingerprint density at radius 1 is 1.20 bits per heavy atom. The van der Waals surface area contributed by atoms with E-state index in [1.54, 1.807) is 24.3 Å². The molecule has 6 heteroatoms. The van der Waals surface area contributed by atoms with E-state index in [1.165, 1.54) is 11.8 Å². The molecular formula is C19H22N2O3S. The van der Waals surface area contributed by atoms with Crippen LogP contribution in [0.2, 0.25) is 0 Å². The number of aromatic nitrogens is 2. The molecule has 1 aromatic heterocycles. The number of phenols is 1. The van der Waals surface area contributed by atoms with E-state index in [0.717, 1.165) is 54.7 Å². The summed E-state index contributed by atoms with van der Waals surface area (Å²) in [6.07, 6.45) is 5.52. The minimum atomic E-state index is -0.00407. The highest BCUT2D eigenvalue weighted by Crippen LogP contribution is 2.20. The number of rotatable bonds is 7. The van der Waals surface area contributed by atoms with E-state index < -0.39 is 0 Å². The second-order valence-corrected chi connectivity index (χ2v) is 7.42. The third-order valence-electron chi connectivity index (χ3n) is 4.35. The molecular weight excluding hydrogens is 336 g/mol. The number of aromatic amines is 1. The zero-order valence-electron chi connectivity index (χ0n) is 14.1. The standard InChI is InChI=1S/C19H22N2O3S/c22-14-9-7-13(8-10-14)12-15(23)4-3-11-25-19-20-17-6-2-1-5-16(17)18(24)21-19/h7-10,22H,1-6,11-12H2,(H,20,21,24). The van der Waals surface area contributed by atoms with Crippen LogP contribution in [0.1, 0.15) is 42.5 Å². The lowest BCUT2D eigenvalue weighted by molar-refractivity contribution is -0.118. The number of carbonyl (C=O) groups is 1. The van der Waals surface area contributed by atoms with Gasteiger partial charge in [0, 0.05) is 24.2 Å².